The molecule has 6 heteroatoms. The molecule has 1 unspecified atom stereocenters. The van der Waals surface area contributed by atoms with E-state index in [0.717, 1.165) is 36.2 Å². The van der Waals surface area contributed by atoms with Crippen molar-refractivity contribution in [2.45, 2.75) is 58.4 Å². The SMILES string of the molecule is CCC(NC(=S)Nc1sc2c(c1C(=O)OC)CCCCC2)c1ccc(C)cc1. The van der Waals surface area contributed by atoms with Gasteiger partial charge in [0, 0.05) is 4.88 Å². The van der Waals surface area contributed by atoms with Gasteiger partial charge in [-0.05, 0) is 62.4 Å². The van der Waals surface area contributed by atoms with Crippen LogP contribution in [0.5, 0.6) is 0 Å². The molecule has 3 rings (SSSR count). The van der Waals surface area contributed by atoms with Crippen LogP contribution in [0.3, 0.4) is 0 Å². The second-order valence-corrected chi connectivity index (χ2v) is 8.74. The lowest BCUT2D eigenvalue weighted by molar-refractivity contribution is 0.0601. The monoisotopic (exact) mass is 416 g/mol. The number of thiocarbonyl (C=S) groups is 1. The molecule has 1 atom stereocenters. The maximum Gasteiger partial charge on any atom is 0.341 e. The minimum Gasteiger partial charge on any atom is -0.465 e. The van der Waals surface area contributed by atoms with Crippen LogP contribution in [0.4, 0.5) is 5.00 Å². The Kier molecular flexibility index (Phi) is 7.08. The molecule has 0 saturated heterocycles. The van der Waals surface area contributed by atoms with Crippen molar-refractivity contribution in [2.75, 3.05) is 12.4 Å². The zero-order valence-corrected chi connectivity index (χ0v) is 18.4. The number of aryl methyl sites for hydroxylation is 2. The highest BCUT2D eigenvalue weighted by Crippen LogP contribution is 2.38. The third-order valence-corrected chi connectivity index (χ3v) is 6.66. The van der Waals surface area contributed by atoms with Gasteiger partial charge in [-0.1, -0.05) is 43.2 Å². The van der Waals surface area contributed by atoms with Crippen LogP contribution in [-0.4, -0.2) is 18.2 Å². The number of anilines is 1. The molecule has 2 aromatic rings. The summed E-state index contributed by atoms with van der Waals surface area (Å²) in [5, 5.41) is 8.03. The number of hydrogen-bond acceptors (Lipinski definition) is 4. The summed E-state index contributed by atoms with van der Waals surface area (Å²) in [4.78, 5) is 13.8. The predicted octanol–water partition coefficient (Wildman–Crippen LogP) is 5.55. The lowest BCUT2D eigenvalue weighted by Gasteiger charge is -2.20. The minimum atomic E-state index is -0.282. The third kappa shape index (κ3) is 4.73. The Balaban J connectivity index is 1.79. The van der Waals surface area contributed by atoms with E-state index >= 15 is 0 Å². The highest BCUT2D eigenvalue weighted by Gasteiger charge is 2.26. The highest BCUT2D eigenvalue weighted by atomic mass is 32.1. The summed E-state index contributed by atoms with van der Waals surface area (Å²) in [5.74, 6) is -0.282. The maximum atomic E-state index is 12.5. The average Bonchev–Trinajstić information content (AvgIpc) is 2.86. The van der Waals surface area contributed by atoms with Crippen LogP contribution in [0, 0.1) is 6.92 Å². The smallest absolute Gasteiger partial charge is 0.341 e. The molecule has 0 spiro atoms. The van der Waals surface area contributed by atoms with Crippen molar-refractivity contribution in [1.82, 2.24) is 5.32 Å². The van der Waals surface area contributed by atoms with Crippen molar-refractivity contribution < 1.29 is 9.53 Å². The minimum absolute atomic E-state index is 0.125. The van der Waals surface area contributed by atoms with Crippen molar-refractivity contribution in [2.24, 2.45) is 0 Å². The summed E-state index contributed by atoms with van der Waals surface area (Å²) in [6.07, 6.45) is 6.35. The molecule has 1 heterocycles. The largest absolute Gasteiger partial charge is 0.465 e. The molecule has 0 fully saturated rings. The van der Waals surface area contributed by atoms with Crippen LogP contribution in [0.2, 0.25) is 0 Å². The summed E-state index contributed by atoms with van der Waals surface area (Å²) in [5.41, 5.74) is 4.25. The van der Waals surface area contributed by atoms with Crippen LogP contribution in [-0.2, 0) is 17.6 Å². The molecule has 150 valence electrons. The van der Waals surface area contributed by atoms with E-state index in [1.165, 1.54) is 36.0 Å². The second-order valence-electron chi connectivity index (χ2n) is 7.23. The summed E-state index contributed by atoms with van der Waals surface area (Å²) >= 11 is 7.23. The molecular formula is C22H28N2O2S2. The first kappa shape index (κ1) is 20.8. The summed E-state index contributed by atoms with van der Waals surface area (Å²) in [7, 11) is 1.44. The van der Waals surface area contributed by atoms with Crippen molar-refractivity contribution in [1.29, 1.82) is 0 Å². The highest BCUT2D eigenvalue weighted by molar-refractivity contribution is 7.80. The van der Waals surface area contributed by atoms with E-state index < -0.39 is 0 Å². The van der Waals surface area contributed by atoms with Crippen molar-refractivity contribution >= 4 is 39.6 Å². The van der Waals surface area contributed by atoms with Crippen LogP contribution < -0.4 is 10.6 Å². The van der Waals surface area contributed by atoms with Crippen molar-refractivity contribution in [3.63, 3.8) is 0 Å². The molecular weight excluding hydrogens is 388 g/mol. The van der Waals surface area contributed by atoms with Gasteiger partial charge in [0.1, 0.15) is 5.00 Å². The number of rotatable bonds is 5. The van der Waals surface area contributed by atoms with E-state index in [1.807, 2.05) is 0 Å². The fourth-order valence-electron chi connectivity index (χ4n) is 3.67. The number of methoxy groups -OCH3 is 1. The number of nitrogens with one attached hydrogen (secondary N) is 2. The van der Waals surface area contributed by atoms with Gasteiger partial charge in [-0.3, -0.25) is 0 Å². The van der Waals surface area contributed by atoms with Crippen LogP contribution in [0.15, 0.2) is 24.3 Å². The van der Waals surface area contributed by atoms with E-state index in [-0.39, 0.29) is 12.0 Å². The van der Waals surface area contributed by atoms with E-state index in [0.29, 0.717) is 10.7 Å². The first-order chi connectivity index (χ1) is 13.5. The number of ether oxygens (including phenoxy) is 1. The third-order valence-electron chi connectivity index (χ3n) is 5.23. The molecule has 1 aliphatic rings. The summed E-state index contributed by atoms with van der Waals surface area (Å²) in [6.45, 7) is 4.22. The Morgan fingerprint density at radius 1 is 1.21 bits per heavy atom. The molecule has 0 radical (unpaired) electrons. The molecule has 0 aliphatic heterocycles. The molecule has 1 aliphatic carbocycles. The molecule has 1 aromatic carbocycles. The second kappa shape index (κ2) is 9.52. The van der Waals surface area contributed by atoms with Crippen LogP contribution in [0.25, 0.3) is 0 Å². The number of benzene rings is 1. The lowest BCUT2D eigenvalue weighted by Crippen LogP contribution is -2.32. The van der Waals surface area contributed by atoms with Crippen LogP contribution >= 0.6 is 23.6 Å². The average molecular weight is 417 g/mol. The number of carbonyl (C=O) groups excluding carboxylic acids is 1. The Labute approximate surface area is 176 Å². The number of esters is 1. The number of carbonyl (C=O) groups is 1. The topological polar surface area (TPSA) is 50.4 Å². The Morgan fingerprint density at radius 2 is 1.93 bits per heavy atom. The van der Waals surface area contributed by atoms with Crippen molar-refractivity contribution in [3.05, 3.63) is 51.4 Å². The Bertz CT molecular complexity index is 843. The van der Waals surface area contributed by atoms with E-state index in [2.05, 4.69) is 48.7 Å². The molecule has 1 aromatic heterocycles. The van der Waals surface area contributed by atoms with E-state index in [9.17, 15) is 4.79 Å². The number of fused-ring (bicyclic) bond motifs is 1. The predicted molar refractivity (Wildman–Crippen MR) is 120 cm³/mol. The first-order valence-electron chi connectivity index (χ1n) is 9.90. The Morgan fingerprint density at radius 3 is 2.61 bits per heavy atom. The van der Waals surface area contributed by atoms with Gasteiger partial charge in [0.15, 0.2) is 5.11 Å². The fourth-order valence-corrected chi connectivity index (χ4v) is 5.26. The van der Waals surface area contributed by atoms with Gasteiger partial charge in [-0.2, -0.15) is 0 Å². The molecule has 28 heavy (non-hydrogen) atoms. The molecule has 0 saturated carbocycles. The number of hydrogen-bond donors (Lipinski definition) is 2. The van der Waals surface area contributed by atoms with E-state index in [1.54, 1.807) is 11.3 Å². The summed E-state index contributed by atoms with van der Waals surface area (Å²) in [6, 6.07) is 8.61. The standard InChI is InChI=1S/C22H28N2O2S2/c1-4-17(15-12-10-14(2)11-13-15)23-22(27)24-20-19(21(25)26-3)16-8-6-5-7-9-18(16)28-20/h10-13,17H,4-9H2,1-3H3,(H2,23,24,27). The normalized spacial score (nSPS) is 14.5. The molecule has 0 amide bonds. The van der Waals surface area contributed by atoms with Gasteiger partial charge in [0.25, 0.3) is 0 Å². The van der Waals surface area contributed by atoms with Gasteiger partial charge in [-0.15, -0.1) is 11.3 Å². The number of thiophene rings is 1. The molecule has 4 nitrogen and oxygen atoms in total. The summed E-state index contributed by atoms with van der Waals surface area (Å²) < 4.78 is 5.07. The Hall–Kier alpha value is -1.92. The van der Waals surface area contributed by atoms with Gasteiger partial charge in [0.2, 0.25) is 0 Å². The molecule has 2 N–H and O–H groups in total. The maximum absolute atomic E-state index is 12.5. The van der Waals surface area contributed by atoms with Crippen LogP contribution in [0.1, 0.15) is 70.6 Å². The van der Waals surface area contributed by atoms with Gasteiger partial charge in [0.05, 0.1) is 18.7 Å². The molecule has 0 bridgehead atoms. The lowest BCUT2D eigenvalue weighted by atomic mass is 10.0. The van der Waals surface area contributed by atoms with E-state index in [4.69, 9.17) is 17.0 Å². The quantitative estimate of drug-likeness (QED) is 0.380. The fraction of sp³-hybridized carbons (Fsp3) is 0.455. The van der Waals surface area contributed by atoms with Gasteiger partial charge in [-0.25, -0.2) is 4.79 Å². The van der Waals surface area contributed by atoms with Gasteiger partial charge < -0.3 is 15.4 Å². The van der Waals surface area contributed by atoms with Gasteiger partial charge >= 0.3 is 5.97 Å². The first-order valence-corrected chi connectivity index (χ1v) is 11.1. The van der Waals surface area contributed by atoms with Crippen molar-refractivity contribution in [3.8, 4) is 0 Å². The zero-order valence-electron chi connectivity index (χ0n) is 16.8. The zero-order chi connectivity index (χ0) is 20.1.